The van der Waals surface area contributed by atoms with E-state index < -0.39 is 10.5 Å². The number of benzene rings is 3. The molecule has 19 heteroatoms. The second kappa shape index (κ2) is 14.6. The lowest BCUT2D eigenvalue weighted by Crippen LogP contribution is -2.44. The predicted octanol–water partition coefficient (Wildman–Crippen LogP) is 4.49. The number of nitrogens with zero attached hydrogens (tertiary/aromatic N) is 8. The fraction of sp³-hybridized carbons (Fsp3) is 0.300. The van der Waals surface area contributed by atoms with Crippen molar-refractivity contribution in [3.8, 4) is 28.7 Å². The molecule has 6 heterocycles. The van der Waals surface area contributed by atoms with Crippen molar-refractivity contribution in [2.45, 2.75) is 51.2 Å². The molecular formula is C40H37FN8O9S. The predicted molar refractivity (Wildman–Crippen MR) is 209 cm³/mol. The van der Waals surface area contributed by atoms with Crippen LogP contribution in [-0.4, -0.2) is 87.9 Å². The van der Waals surface area contributed by atoms with E-state index in [1.54, 1.807) is 65.2 Å². The van der Waals surface area contributed by atoms with E-state index in [1.807, 2.05) is 23.2 Å². The molecule has 4 aliphatic rings. The van der Waals surface area contributed by atoms with Crippen molar-refractivity contribution in [3.05, 3.63) is 100 Å². The van der Waals surface area contributed by atoms with Crippen molar-refractivity contribution < 1.29 is 45.0 Å². The number of aromatic nitrogens is 4. The number of imidazole rings is 2. The summed E-state index contributed by atoms with van der Waals surface area (Å²) >= 11 is 0. The van der Waals surface area contributed by atoms with Gasteiger partial charge in [0.1, 0.15) is 19.0 Å². The Balaban J connectivity index is 0.957. The first-order chi connectivity index (χ1) is 28.3. The lowest BCUT2D eigenvalue weighted by atomic mass is 10.0. The lowest BCUT2D eigenvalue weighted by Gasteiger charge is -2.32. The van der Waals surface area contributed by atoms with E-state index in [0.29, 0.717) is 59.6 Å². The van der Waals surface area contributed by atoms with Crippen molar-refractivity contribution in [1.29, 1.82) is 0 Å². The Morgan fingerprint density at radius 3 is 1.56 bits per heavy atom. The van der Waals surface area contributed by atoms with Crippen molar-refractivity contribution in [1.82, 2.24) is 28.9 Å². The first-order valence-electron chi connectivity index (χ1n) is 18.5. The Morgan fingerprint density at radius 1 is 0.678 bits per heavy atom. The number of aliphatic imine (C=N–C) groups is 2. The Morgan fingerprint density at radius 2 is 1.14 bits per heavy atom. The standard InChI is InChI=1S/C40H37FN8O9S/c1-46-20-44-31-16-48-24(8-33(31)46)14-42-29-12-37(35(54-3)10-27(29)39(48)50)56-18-22-5-23(7-26(6-22)58-59(41,52)53)19-57-38-13-30-28(11-36(38)55-4)40(51)49-17-32-34(47(2)21-45-32)9-25(49)15-43-30/h5-7,10-15,20-21,24-25H,8-9,16-19H2,1-4H3. The third-order valence-electron chi connectivity index (χ3n) is 10.9. The van der Waals surface area contributed by atoms with Gasteiger partial charge in [0.15, 0.2) is 23.0 Å². The SMILES string of the molecule is COc1cc2c(cc1OCc1cc(COc3cc4c(cc3OC)C(=O)N3Cc5ncn(C)c5CC3C=N4)cc(OS(=O)(=O)F)c1)N=CC1Cc3c(ncn3C)CN1C2=O. The van der Waals surface area contributed by atoms with Crippen LogP contribution in [0.2, 0.25) is 0 Å². The molecule has 0 spiro atoms. The minimum Gasteiger partial charge on any atom is -0.493 e. The molecule has 0 bridgehead atoms. The molecule has 59 heavy (non-hydrogen) atoms. The summed E-state index contributed by atoms with van der Waals surface area (Å²) in [6, 6.07) is 10.1. The topological polar surface area (TPSA) is 181 Å². The number of fused-ring (bicyclic) bond motifs is 6. The summed E-state index contributed by atoms with van der Waals surface area (Å²) in [5, 5.41) is 0. The van der Waals surface area contributed by atoms with Gasteiger partial charge in [0, 0.05) is 62.9 Å². The van der Waals surface area contributed by atoms with Crippen LogP contribution in [0.5, 0.6) is 28.7 Å². The van der Waals surface area contributed by atoms with Crippen LogP contribution in [0.25, 0.3) is 0 Å². The minimum absolute atomic E-state index is 0.158. The molecule has 0 saturated carbocycles. The molecule has 0 fully saturated rings. The molecule has 2 atom stereocenters. The fourth-order valence-electron chi connectivity index (χ4n) is 7.90. The molecule has 0 aliphatic carbocycles. The molecular weight excluding hydrogens is 788 g/mol. The van der Waals surface area contributed by atoms with Crippen LogP contribution in [0.15, 0.2) is 65.1 Å². The molecule has 5 aromatic rings. The van der Waals surface area contributed by atoms with Crippen LogP contribution in [0, 0.1) is 0 Å². The van der Waals surface area contributed by atoms with Crippen LogP contribution in [0.4, 0.5) is 15.3 Å². The van der Waals surface area contributed by atoms with E-state index >= 15 is 0 Å². The zero-order valence-electron chi connectivity index (χ0n) is 32.3. The highest BCUT2D eigenvalue weighted by Crippen LogP contribution is 2.41. The molecule has 3 aromatic carbocycles. The summed E-state index contributed by atoms with van der Waals surface area (Å²) in [5.74, 6) is 0.256. The van der Waals surface area contributed by atoms with E-state index in [9.17, 15) is 21.9 Å². The maximum Gasteiger partial charge on any atom is 0.488 e. The van der Waals surface area contributed by atoms with Gasteiger partial charge in [-0.1, -0.05) is 3.89 Å². The number of ether oxygens (including phenoxy) is 4. The van der Waals surface area contributed by atoms with E-state index in [-0.39, 0.29) is 65.9 Å². The quantitative estimate of drug-likeness (QED) is 0.181. The number of halogens is 1. The molecule has 17 nitrogen and oxygen atoms in total. The van der Waals surface area contributed by atoms with Gasteiger partial charge in [0.05, 0.1) is 85.9 Å². The Kier molecular flexibility index (Phi) is 9.33. The van der Waals surface area contributed by atoms with Crippen LogP contribution in [0.3, 0.4) is 0 Å². The summed E-state index contributed by atoms with van der Waals surface area (Å²) < 4.78 is 69.0. The number of amides is 2. The average Bonchev–Trinajstić information content (AvgIpc) is 3.69. The lowest BCUT2D eigenvalue weighted by molar-refractivity contribution is 0.0691. The van der Waals surface area contributed by atoms with Crippen LogP contribution < -0.4 is 23.1 Å². The third-order valence-corrected chi connectivity index (χ3v) is 11.3. The van der Waals surface area contributed by atoms with Crippen molar-refractivity contribution in [2.24, 2.45) is 24.1 Å². The van der Waals surface area contributed by atoms with E-state index in [0.717, 1.165) is 22.8 Å². The second-order valence-electron chi connectivity index (χ2n) is 14.5. The van der Waals surface area contributed by atoms with E-state index in [2.05, 4.69) is 24.1 Å². The normalized spacial score (nSPS) is 17.8. The number of hydrogen-bond donors (Lipinski definition) is 0. The average molecular weight is 825 g/mol. The van der Waals surface area contributed by atoms with Gasteiger partial charge in [-0.25, -0.2) is 9.97 Å². The Hall–Kier alpha value is -6.76. The number of methoxy groups -OCH3 is 2. The molecule has 2 amide bonds. The van der Waals surface area contributed by atoms with Crippen LogP contribution in [-0.2, 0) is 63.7 Å². The number of aryl methyl sites for hydroxylation is 2. The maximum atomic E-state index is 13.8. The van der Waals surface area contributed by atoms with Gasteiger partial charge in [0.25, 0.3) is 11.8 Å². The molecule has 4 aliphatic heterocycles. The number of hydrogen-bond acceptors (Lipinski definition) is 13. The largest absolute Gasteiger partial charge is 0.493 e. The molecule has 0 radical (unpaired) electrons. The smallest absolute Gasteiger partial charge is 0.488 e. The molecule has 9 rings (SSSR count). The highest BCUT2D eigenvalue weighted by atomic mass is 32.3. The molecule has 2 aromatic heterocycles. The van der Waals surface area contributed by atoms with E-state index in [1.165, 1.54) is 26.4 Å². The maximum absolute atomic E-state index is 13.8. The Labute approximate surface area is 337 Å². The highest BCUT2D eigenvalue weighted by Gasteiger charge is 2.37. The third kappa shape index (κ3) is 7.10. The van der Waals surface area contributed by atoms with Crippen LogP contribution >= 0.6 is 0 Å². The first-order valence-corrected chi connectivity index (χ1v) is 19.8. The zero-order valence-corrected chi connectivity index (χ0v) is 33.1. The molecule has 304 valence electrons. The molecule has 0 saturated heterocycles. The summed E-state index contributed by atoms with van der Waals surface area (Å²) in [7, 11) is 1.33. The highest BCUT2D eigenvalue weighted by molar-refractivity contribution is 7.81. The van der Waals surface area contributed by atoms with Crippen molar-refractivity contribution >= 4 is 46.1 Å². The van der Waals surface area contributed by atoms with Gasteiger partial charge in [-0.05, 0) is 41.5 Å². The van der Waals surface area contributed by atoms with Crippen LogP contribution in [0.1, 0.15) is 54.6 Å². The molecule has 2 unspecified atom stereocenters. The summed E-state index contributed by atoms with van der Waals surface area (Å²) in [6.07, 6.45) is 8.08. The van der Waals surface area contributed by atoms with Crippen molar-refractivity contribution in [3.63, 3.8) is 0 Å². The summed E-state index contributed by atoms with van der Waals surface area (Å²) in [6.45, 7) is 0.360. The fourth-order valence-corrected chi connectivity index (χ4v) is 8.23. The number of carbonyl (C=O) groups is 2. The molecule has 0 N–H and O–H groups in total. The second-order valence-corrected chi connectivity index (χ2v) is 15.5. The monoisotopic (exact) mass is 824 g/mol. The number of carbonyl (C=O) groups excluding carboxylic acids is 2. The van der Waals surface area contributed by atoms with Gasteiger partial charge in [-0.3, -0.25) is 19.6 Å². The summed E-state index contributed by atoms with van der Waals surface area (Å²) in [5.41, 5.74) is 5.95. The van der Waals surface area contributed by atoms with Gasteiger partial charge in [-0.15, -0.1) is 0 Å². The summed E-state index contributed by atoms with van der Waals surface area (Å²) in [4.78, 5) is 49.3. The number of rotatable bonds is 10. The van der Waals surface area contributed by atoms with Gasteiger partial charge >= 0.3 is 10.5 Å². The van der Waals surface area contributed by atoms with Gasteiger partial charge in [0.2, 0.25) is 0 Å². The Bertz CT molecular complexity index is 2560. The zero-order chi connectivity index (χ0) is 41.2. The minimum atomic E-state index is -5.39. The van der Waals surface area contributed by atoms with Gasteiger partial charge in [-0.2, -0.15) is 8.42 Å². The van der Waals surface area contributed by atoms with Gasteiger partial charge < -0.3 is 42.1 Å². The van der Waals surface area contributed by atoms with E-state index in [4.69, 9.17) is 18.9 Å². The van der Waals surface area contributed by atoms with Crippen molar-refractivity contribution in [2.75, 3.05) is 14.2 Å². The first kappa shape index (κ1) is 37.8.